The summed E-state index contributed by atoms with van der Waals surface area (Å²) in [7, 11) is 1.58. The molecule has 11 heteroatoms. The lowest BCUT2D eigenvalue weighted by atomic mass is 10.1. The second-order valence-electron chi connectivity index (χ2n) is 6.58. The molecule has 1 aliphatic heterocycles. The number of ether oxygens (including phenoxy) is 2. The second kappa shape index (κ2) is 8.09. The van der Waals surface area contributed by atoms with E-state index in [-0.39, 0.29) is 0 Å². The van der Waals surface area contributed by atoms with E-state index in [9.17, 15) is 15.3 Å². The van der Waals surface area contributed by atoms with Gasteiger partial charge in [0.1, 0.15) is 30.4 Å². The van der Waals surface area contributed by atoms with Crippen LogP contribution in [-0.4, -0.2) is 66.9 Å². The number of hydrogen-bond donors (Lipinski definition) is 4. The fraction of sp³-hybridized carbons (Fsp3) is 0.389. The number of hydrogen-bond acceptors (Lipinski definition) is 9. The minimum Gasteiger partial charge on any atom is -0.496 e. The molecule has 29 heavy (non-hydrogen) atoms. The summed E-state index contributed by atoms with van der Waals surface area (Å²) < 4.78 is 12.4. The van der Waals surface area contributed by atoms with Crippen molar-refractivity contribution in [1.82, 2.24) is 19.5 Å². The van der Waals surface area contributed by atoms with Gasteiger partial charge in [0.05, 0.1) is 20.0 Å². The molecule has 0 spiro atoms. The summed E-state index contributed by atoms with van der Waals surface area (Å²) in [4.78, 5) is 12.8. The average molecular weight is 422 g/mol. The first kappa shape index (κ1) is 19.8. The average Bonchev–Trinajstić information content (AvgIpc) is 3.28. The van der Waals surface area contributed by atoms with E-state index in [2.05, 4.69) is 20.3 Å². The fourth-order valence-electron chi connectivity index (χ4n) is 3.34. The lowest BCUT2D eigenvalue weighted by Crippen LogP contribution is -2.33. The van der Waals surface area contributed by atoms with Crippen LogP contribution in [0.4, 0.5) is 5.82 Å². The second-order valence-corrected chi connectivity index (χ2v) is 7.02. The molecule has 0 bridgehead atoms. The summed E-state index contributed by atoms with van der Waals surface area (Å²) >= 11 is 6.08. The third-order valence-corrected chi connectivity index (χ3v) is 5.07. The van der Waals surface area contributed by atoms with E-state index in [0.717, 1.165) is 5.56 Å². The molecule has 3 heterocycles. The minimum absolute atomic E-state index is 0.385. The van der Waals surface area contributed by atoms with Gasteiger partial charge in [-0.3, -0.25) is 4.57 Å². The van der Waals surface area contributed by atoms with Gasteiger partial charge in [0, 0.05) is 17.1 Å². The van der Waals surface area contributed by atoms with Crippen LogP contribution >= 0.6 is 11.6 Å². The number of halogens is 1. The van der Waals surface area contributed by atoms with Gasteiger partial charge in [-0.2, -0.15) is 0 Å². The van der Waals surface area contributed by atoms with Crippen LogP contribution in [0.2, 0.25) is 5.02 Å². The molecule has 1 saturated heterocycles. The Morgan fingerprint density at radius 3 is 2.79 bits per heavy atom. The quantitative estimate of drug-likeness (QED) is 0.453. The van der Waals surface area contributed by atoms with E-state index < -0.39 is 31.1 Å². The molecule has 154 valence electrons. The predicted molar refractivity (Wildman–Crippen MR) is 104 cm³/mol. The van der Waals surface area contributed by atoms with Crippen LogP contribution in [0.5, 0.6) is 5.75 Å². The van der Waals surface area contributed by atoms with Crippen molar-refractivity contribution in [2.45, 2.75) is 31.1 Å². The van der Waals surface area contributed by atoms with Gasteiger partial charge in [-0.25, -0.2) is 15.0 Å². The van der Waals surface area contributed by atoms with Gasteiger partial charge >= 0.3 is 0 Å². The van der Waals surface area contributed by atoms with Gasteiger partial charge in [-0.1, -0.05) is 11.6 Å². The molecular formula is C18H20ClN5O5. The summed E-state index contributed by atoms with van der Waals surface area (Å²) in [6, 6.07) is 5.32. The van der Waals surface area contributed by atoms with Gasteiger partial charge in [0.15, 0.2) is 23.2 Å². The summed E-state index contributed by atoms with van der Waals surface area (Å²) in [5.41, 5.74) is 1.72. The molecule has 0 amide bonds. The van der Waals surface area contributed by atoms with Gasteiger partial charge < -0.3 is 30.1 Å². The summed E-state index contributed by atoms with van der Waals surface area (Å²) in [6.45, 7) is -0.0266. The number of nitrogens with zero attached hydrogens (tertiary/aromatic N) is 4. The van der Waals surface area contributed by atoms with Crippen molar-refractivity contribution in [2.75, 3.05) is 19.0 Å². The van der Waals surface area contributed by atoms with Gasteiger partial charge in [0.25, 0.3) is 0 Å². The molecule has 1 fully saturated rings. The van der Waals surface area contributed by atoms with Crippen molar-refractivity contribution in [2.24, 2.45) is 0 Å². The van der Waals surface area contributed by atoms with Crippen LogP contribution in [0.1, 0.15) is 11.8 Å². The van der Waals surface area contributed by atoms with E-state index in [0.29, 0.717) is 34.3 Å². The van der Waals surface area contributed by atoms with E-state index in [4.69, 9.17) is 21.1 Å². The lowest BCUT2D eigenvalue weighted by Gasteiger charge is -2.16. The first-order valence-electron chi connectivity index (χ1n) is 8.89. The van der Waals surface area contributed by atoms with Crippen molar-refractivity contribution in [3.8, 4) is 5.75 Å². The Hall–Kier alpha value is -2.50. The number of fused-ring (bicyclic) bond motifs is 1. The maximum atomic E-state index is 10.3. The zero-order valence-electron chi connectivity index (χ0n) is 15.4. The monoisotopic (exact) mass is 421 g/mol. The zero-order valence-corrected chi connectivity index (χ0v) is 16.2. The molecule has 4 atom stereocenters. The SMILES string of the molecule is COc1ccc(Cl)cc1CNc1ncnc2c1ncn2[C@@H]1O[C@H](CO)[C@@H](O)[C@H]1O. The number of nitrogens with one attached hydrogen (secondary N) is 1. The van der Waals surface area contributed by atoms with E-state index >= 15 is 0 Å². The molecule has 0 unspecified atom stereocenters. The van der Waals surface area contributed by atoms with Crippen molar-refractivity contribution in [3.63, 3.8) is 0 Å². The maximum absolute atomic E-state index is 10.3. The Morgan fingerprint density at radius 2 is 2.07 bits per heavy atom. The molecule has 1 aliphatic rings. The Morgan fingerprint density at radius 1 is 1.24 bits per heavy atom. The highest BCUT2D eigenvalue weighted by atomic mass is 35.5. The van der Waals surface area contributed by atoms with Crippen LogP contribution in [0.3, 0.4) is 0 Å². The molecule has 0 aliphatic carbocycles. The Bertz CT molecular complexity index is 1020. The van der Waals surface area contributed by atoms with Crippen LogP contribution < -0.4 is 10.1 Å². The molecule has 0 radical (unpaired) electrons. The smallest absolute Gasteiger partial charge is 0.167 e. The lowest BCUT2D eigenvalue weighted by molar-refractivity contribution is -0.0511. The highest BCUT2D eigenvalue weighted by molar-refractivity contribution is 6.30. The number of aliphatic hydroxyl groups is 3. The third kappa shape index (κ3) is 3.61. The van der Waals surface area contributed by atoms with Gasteiger partial charge in [-0.05, 0) is 18.2 Å². The summed E-state index contributed by atoms with van der Waals surface area (Å²) in [6.07, 6.45) is -1.45. The maximum Gasteiger partial charge on any atom is 0.167 e. The Labute approximate surface area is 170 Å². The molecule has 3 aromatic rings. The molecule has 4 N–H and O–H groups in total. The topological polar surface area (TPSA) is 135 Å². The fourth-order valence-corrected chi connectivity index (χ4v) is 3.54. The standard InChI is InChI=1S/C18H20ClN5O5/c1-28-11-3-2-10(19)4-9(11)5-20-16-13-17(22-7-21-16)24(8-23-13)18-15(27)14(26)12(6-25)29-18/h2-4,7-8,12,14-15,18,25-27H,5-6H2,1H3,(H,20,21,22)/t12-,14-,15-,18-/m1/s1. The highest BCUT2D eigenvalue weighted by Gasteiger charge is 2.44. The first-order valence-corrected chi connectivity index (χ1v) is 9.27. The van der Waals surface area contributed by atoms with Crippen molar-refractivity contribution >= 4 is 28.6 Å². The van der Waals surface area contributed by atoms with Crippen LogP contribution in [0.25, 0.3) is 11.2 Å². The third-order valence-electron chi connectivity index (χ3n) is 4.84. The molecular weight excluding hydrogens is 402 g/mol. The predicted octanol–water partition coefficient (Wildman–Crippen LogP) is 0.712. The zero-order chi connectivity index (χ0) is 20.5. The van der Waals surface area contributed by atoms with E-state index in [1.807, 2.05) is 0 Å². The van der Waals surface area contributed by atoms with Crippen molar-refractivity contribution < 1.29 is 24.8 Å². The molecule has 4 rings (SSSR count). The Kier molecular flexibility index (Phi) is 5.52. The number of aromatic nitrogens is 4. The van der Waals surface area contributed by atoms with Crippen LogP contribution in [0, 0.1) is 0 Å². The van der Waals surface area contributed by atoms with Crippen LogP contribution in [0.15, 0.2) is 30.9 Å². The highest BCUT2D eigenvalue weighted by Crippen LogP contribution is 2.32. The number of rotatable bonds is 6. The molecule has 0 saturated carbocycles. The minimum atomic E-state index is -1.23. The van der Waals surface area contributed by atoms with Gasteiger partial charge in [-0.15, -0.1) is 0 Å². The first-order chi connectivity index (χ1) is 14.0. The number of benzene rings is 1. The van der Waals surface area contributed by atoms with Crippen molar-refractivity contribution in [3.05, 3.63) is 41.4 Å². The molecule has 1 aromatic carbocycles. The Balaban J connectivity index is 1.61. The number of imidazole rings is 1. The summed E-state index contributed by atoms with van der Waals surface area (Å²) in [5.74, 6) is 1.16. The largest absolute Gasteiger partial charge is 0.496 e. The van der Waals surface area contributed by atoms with E-state index in [1.165, 1.54) is 17.2 Å². The van der Waals surface area contributed by atoms with Crippen molar-refractivity contribution in [1.29, 1.82) is 0 Å². The molecule has 10 nitrogen and oxygen atoms in total. The molecule has 2 aromatic heterocycles. The van der Waals surface area contributed by atoms with E-state index in [1.54, 1.807) is 25.3 Å². The summed E-state index contributed by atoms with van der Waals surface area (Å²) in [5, 5.41) is 33.3. The normalized spacial score (nSPS) is 24.2. The van der Waals surface area contributed by atoms with Gasteiger partial charge in [0.2, 0.25) is 0 Å². The number of methoxy groups -OCH3 is 1. The number of aliphatic hydroxyl groups excluding tert-OH is 3. The number of anilines is 1. The van der Waals surface area contributed by atoms with Crippen LogP contribution in [-0.2, 0) is 11.3 Å².